The lowest BCUT2D eigenvalue weighted by Gasteiger charge is -2.05. The van der Waals surface area contributed by atoms with E-state index in [0.717, 1.165) is 24.3 Å². The number of para-hydroxylation sites is 2. The van der Waals surface area contributed by atoms with E-state index >= 15 is 0 Å². The number of carbonyl (C=O) groups excluding carboxylic acids is 2. The molecule has 0 aliphatic heterocycles. The third-order valence-electron chi connectivity index (χ3n) is 4.34. The molecule has 8 nitrogen and oxygen atoms in total. The lowest BCUT2D eigenvalue weighted by Crippen LogP contribution is -2.08. The molecule has 0 saturated heterocycles. The van der Waals surface area contributed by atoms with Crippen LogP contribution < -0.4 is 10.6 Å². The van der Waals surface area contributed by atoms with Gasteiger partial charge >= 0.3 is 11.9 Å². The number of carbonyl (C=O) groups is 4. The average Bonchev–Trinajstić information content (AvgIpc) is 2.85. The highest BCUT2D eigenvalue weighted by atomic mass is 16.4. The minimum absolute atomic E-state index is 0.460. The van der Waals surface area contributed by atoms with Crippen molar-refractivity contribution in [2.75, 3.05) is 10.6 Å². The van der Waals surface area contributed by atoms with Crippen molar-refractivity contribution in [1.82, 2.24) is 0 Å². The maximum absolute atomic E-state index is 11.1. The third kappa shape index (κ3) is 15.6. The molecule has 2 amide bonds. The number of carboxylic acid groups (broad SMARTS) is 2. The molecular weight excluding hydrogens is 436 g/mol. The van der Waals surface area contributed by atoms with Gasteiger partial charge in [0.2, 0.25) is 11.8 Å². The third-order valence-corrected chi connectivity index (χ3v) is 4.34. The number of nitrogens with one attached hydrogen (secondary N) is 2. The summed E-state index contributed by atoms with van der Waals surface area (Å²) in [6.45, 7) is 0. The van der Waals surface area contributed by atoms with E-state index in [2.05, 4.69) is 10.6 Å². The van der Waals surface area contributed by atoms with Gasteiger partial charge in [-0.15, -0.1) is 0 Å². The van der Waals surface area contributed by atoms with E-state index in [1.807, 2.05) is 12.1 Å². The number of benzene rings is 2. The molecule has 3 rings (SSSR count). The first kappa shape index (κ1) is 27.8. The summed E-state index contributed by atoms with van der Waals surface area (Å²) in [5, 5.41) is 21.5. The summed E-state index contributed by atoms with van der Waals surface area (Å²) in [6, 6.07) is 17.6. The summed E-state index contributed by atoms with van der Waals surface area (Å²) in [6.07, 6.45) is 12.5. The quantitative estimate of drug-likeness (QED) is 0.449. The fourth-order valence-corrected chi connectivity index (χ4v) is 2.77. The van der Waals surface area contributed by atoms with E-state index < -0.39 is 23.8 Å². The molecule has 4 N–H and O–H groups in total. The lowest BCUT2D eigenvalue weighted by atomic mass is 10.0. The molecule has 0 heterocycles. The Labute approximate surface area is 199 Å². The summed E-state index contributed by atoms with van der Waals surface area (Å²) in [5.41, 5.74) is 1.26. The Hall–Kier alpha value is -4.20. The maximum atomic E-state index is 11.1. The summed E-state index contributed by atoms with van der Waals surface area (Å²) < 4.78 is 0. The molecule has 1 aliphatic carbocycles. The Kier molecular flexibility index (Phi) is 14.2. The highest BCUT2D eigenvalue weighted by Crippen LogP contribution is 2.15. The van der Waals surface area contributed by atoms with Gasteiger partial charge < -0.3 is 20.8 Å². The van der Waals surface area contributed by atoms with Crippen molar-refractivity contribution in [2.45, 2.75) is 38.5 Å². The van der Waals surface area contributed by atoms with Crippen LogP contribution in [-0.2, 0) is 19.2 Å². The van der Waals surface area contributed by atoms with Crippen LogP contribution in [-0.4, -0.2) is 34.0 Å². The van der Waals surface area contributed by atoms with Crippen molar-refractivity contribution in [3.63, 3.8) is 0 Å². The standard InChI is InChI=1S/2C10H9NO3.C6H12/c2*12-9(6-7-10(13)14)11-8-4-2-1-3-5-8;1-2-4-6-5-3-1/h2*1-7H,(H,11,12)(H,13,14);1-6H2/b2*7-6-;. The molecule has 0 aromatic heterocycles. The zero-order valence-electron chi connectivity index (χ0n) is 18.9. The van der Waals surface area contributed by atoms with E-state index in [1.165, 1.54) is 38.5 Å². The number of carboxylic acids is 2. The normalized spacial score (nSPS) is 12.5. The first-order chi connectivity index (χ1) is 16.4. The van der Waals surface area contributed by atoms with Crippen molar-refractivity contribution >= 4 is 35.1 Å². The Balaban J connectivity index is 0.000000274. The monoisotopic (exact) mass is 466 g/mol. The fraction of sp³-hybridized carbons (Fsp3) is 0.231. The predicted octanol–water partition coefficient (Wildman–Crippen LogP) is 4.87. The molecule has 0 atom stereocenters. The minimum atomic E-state index is -1.15. The number of hydrogen-bond donors (Lipinski definition) is 4. The van der Waals surface area contributed by atoms with E-state index in [0.29, 0.717) is 11.4 Å². The Morgan fingerprint density at radius 3 is 1.09 bits per heavy atom. The van der Waals surface area contributed by atoms with Crippen LogP contribution in [0.15, 0.2) is 85.0 Å². The molecule has 180 valence electrons. The summed E-state index contributed by atoms with van der Waals surface area (Å²) in [7, 11) is 0. The molecule has 1 aliphatic rings. The highest BCUT2D eigenvalue weighted by molar-refractivity contribution is 6.02. The van der Waals surface area contributed by atoms with Crippen LogP contribution in [0.4, 0.5) is 11.4 Å². The number of aliphatic carboxylic acids is 2. The zero-order chi connectivity index (χ0) is 25.0. The second kappa shape index (κ2) is 17.4. The number of hydrogen-bond acceptors (Lipinski definition) is 4. The van der Waals surface area contributed by atoms with Gasteiger partial charge in [0.1, 0.15) is 0 Å². The fourth-order valence-electron chi connectivity index (χ4n) is 2.77. The smallest absolute Gasteiger partial charge is 0.328 e. The van der Waals surface area contributed by atoms with Gasteiger partial charge in [0.25, 0.3) is 0 Å². The zero-order valence-corrected chi connectivity index (χ0v) is 18.9. The SMILES string of the molecule is C1CCCCC1.O=C(O)/C=C\C(=O)Nc1ccccc1.O=C(O)/C=C\C(=O)Nc1ccccc1. The van der Waals surface area contributed by atoms with Gasteiger partial charge in [-0.05, 0) is 24.3 Å². The van der Waals surface area contributed by atoms with E-state index in [1.54, 1.807) is 48.5 Å². The molecule has 2 aromatic carbocycles. The van der Waals surface area contributed by atoms with Crippen LogP contribution in [0.5, 0.6) is 0 Å². The minimum Gasteiger partial charge on any atom is -0.478 e. The molecule has 0 spiro atoms. The summed E-state index contributed by atoms with van der Waals surface area (Å²) >= 11 is 0. The Morgan fingerprint density at radius 2 is 0.824 bits per heavy atom. The van der Waals surface area contributed by atoms with Gasteiger partial charge in [-0.1, -0.05) is 74.9 Å². The first-order valence-corrected chi connectivity index (χ1v) is 10.9. The molecule has 8 heteroatoms. The van der Waals surface area contributed by atoms with Crippen LogP contribution in [0.3, 0.4) is 0 Å². The van der Waals surface area contributed by atoms with Crippen molar-refractivity contribution < 1.29 is 29.4 Å². The topological polar surface area (TPSA) is 133 Å². The maximum Gasteiger partial charge on any atom is 0.328 e. The number of amides is 2. The van der Waals surface area contributed by atoms with Gasteiger partial charge in [0.05, 0.1) is 0 Å². The molecule has 2 aromatic rings. The van der Waals surface area contributed by atoms with Crippen LogP contribution in [0.25, 0.3) is 0 Å². The molecule has 0 radical (unpaired) electrons. The molecule has 0 unspecified atom stereocenters. The Morgan fingerprint density at radius 1 is 0.529 bits per heavy atom. The average molecular weight is 467 g/mol. The van der Waals surface area contributed by atoms with Crippen molar-refractivity contribution in [3.8, 4) is 0 Å². The molecule has 1 fully saturated rings. The van der Waals surface area contributed by atoms with E-state index in [9.17, 15) is 19.2 Å². The largest absolute Gasteiger partial charge is 0.478 e. The predicted molar refractivity (Wildman–Crippen MR) is 131 cm³/mol. The van der Waals surface area contributed by atoms with Gasteiger partial charge in [-0.3, -0.25) is 9.59 Å². The van der Waals surface area contributed by atoms with Gasteiger partial charge in [-0.2, -0.15) is 0 Å². The number of rotatable bonds is 6. The van der Waals surface area contributed by atoms with Crippen molar-refractivity contribution in [2.24, 2.45) is 0 Å². The van der Waals surface area contributed by atoms with Crippen LogP contribution >= 0.6 is 0 Å². The van der Waals surface area contributed by atoms with Gasteiger partial charge in [0.15, 0.2) is 0 Å². The first-order valence-electron chi connectivity index (χ1n) is 10.9. The van der Waals surface area contributed by atoms with E-state index in [4.69, 9.17) is 10.2 Å². The van der Waals surface area contributed by atoms with Crippen molar-refractivity contribution in [1.29, 1.82) is 0 Å². The van der Waals surface area contributed by atoms with Gasteiger partial charge in [0, 0.05) is 35.7 Å². The second-order valence-corrected chi connectivity index (χ2v) is 7.18. The molecule has 0 bridgehead atoms. The summed E-state index contributed by atoms with van der Waals surface area (Å²) in [4.78, 5) is 42.3. The van der Waals surface area contributed by atoms with Gasteiger partial charge in [-0.25, -0.2) is 9.59 Å². The van der Waals surface area contributed by atoms with Crippen molar-refractivity contribution in [3.05, 3.63) is 85.0 Å². The Bertz CT molecular complexity index is 867. The number of anilines is 2. The van der Waals surface area contributed by atoms with Crippen LogP contribution in [0, 0.1) is 0 Å². The summed E-state index contributed by atoms with van der Waals surface area (Å²) in [5.74, 6) is -3.21. The highest BCUT2D eigenvalue weighted by Gasteiger charge is 1.98. The van der Waals surface area contributed by atoms with E-state index in [-0.39, 0.29) is 0 Å². The molecular formula is C26H30N2O6. The lowest BCUT2D eigenvalue weighted by molar-refractivity contribution is -0.132. The molecule has 34 heavy (non-hydrogen) atoms. The van der Waals surface area contributed by atoms with Crippen LogP contribution in [0.1, 0.15) is 38.5 Å². The molecule has 1 saturated carbocycles. The van der Waals surface area contributed by atoms with Crippen LogP contribution in [0.2, 0.25) is 0 Å². The second-order valence-electron chi connectivity index (χ2n) is 7.18.